The molecule has 0 saturated heterocycles. The summed E-state index contributed by atoms with van der Waals surface area (Å²) in [5.41, 5.74) is 0. The molecule has 0 saturated carbocycles. The van der Waals surface area contributed by atoms with Crippen molar-refractivity contribution < 1.29 is 4.39 Å². The molecule has 0 unspecified atom stereocenters. The topological polar surface area (TPSA) is 12.0 Å². The first-order chi connectivity index (χ1) is 2.41. The molecule has 0 aromatic rings. The van der Waals surface area contributed by atoms with Crippen LogP contribution in [0.4, 0.5) is 4.39 Å². The zero-order valence-corrected chi connectivity index (χ0v) is 3.81. The van der Waals surface area contributed by atoms with Crippen molar-refractivity contribution in [2.45, 2.75) is 0 Å². The monoisotopic (exact) mass is 95.0 g/mol. The Bertz CT molecular complexity index is 17.1. The van der Waals surface area contributed by atoms with E-state index in [1.165, 1.54) is 11.9 Å². The maximum Gasteiger partial charge on any atom is 0.149 e. The molecule has 0 amide bonds. The zero-order chi connectivity index (χ0) is 4.12. The Labute approximate surface area is 35.1 Å². The molecule has 0 spiro atoms. The highest BCUT2D eigenvalue weighted by Gasteiger charge is 1.66. The van der Waals surface area contributed by atoms with Crippen LogP contribution in [0.5, 0.6) is 0 Å². The fourth-order valence-corrected chi connectivity index (χ4v) is 0.164. The van der Waals surface area contributed by atoms with Crippen LogP contribution in [0.3, 0.4) is 0 Å². The number of halogens is 1. The van der Waals surface area contributed by atoms with Crippen LogP contribution in [0.15, 0.2) is 0 Å². The van der Waals surface area contributed by atoms with Crippen LogP contribution in [-0.4, -0.2) is 13.1 Å². The van der Waals surface area contributed by atoms with Gasteiger partial charge in [-0.15, -0.1) is 0 Å². The highest BCUT2D eigenvalue weighted by molar-refractivity contribution is 7.96. The lowest BCUT2D eigenvalue weighted by atomic mass is 11.5. The van der Waals surface area contributed by atoms with Gasteiger partial charge < -0.3 is 0 Å². The average molecular weight is 95.1 g/mol. The van der Waals surface area contributed by atoms with Crippen molar-refractivity contribution in [3.63, 3.8) is 0 Å². The van der Waals surface area contributed by atoms with Crippen LogP contribution >= 0.6 is 11.9 Å². The third-order valence-corrected chi connectivity index (χ3v) is 0.597. The Hall–Kier alpha value is 0.240. The van der Waals surface area contributed by atoms with E-state index in [1.807, 2.05) is 0 Å². The number of hydrogen-bond donors (Lipinski definition) is 1. The van der Waals surface area contributed by atoms with Crippen molar-refractivity contribution >= 4 is 11.9 Å². The molecule has 1 N–H and O–H groups in total. The summed E-state index contributed by atoms with van der Waals surface area (Å²) in [5, 5.41) is 0. The third kappa shape index (κ3) is 4.24. The SMILES string of the molecule is CSNCF. The number of alkyl halides is 1. The highest BCUT2D eigenvalue weighted by atomic mass is 32.2. The second kappa shape index (κ2) is 4.24. The van der Waals surface area contributed by atoms with Crippen molar-refractivity contribution in [3.05, 3.63) is 0 Å². The number of nitrogens with one attached hydrogen (secondary N) is 1. The second-order valence-electron chi connectivity index (χ2n) is 0.482. The van der Waals surface area contributed by atoms with Gasteiger partial charge in [0.2, 0.25) is 0 Å². The molecular formula is C2H6FNS. The van der Waals surface area contributed by atoms with E-state index in [0.717, 1.165) is 0 Å². The van der Waals surface area contributed by atoms with E-state index in [4.69, 9.17) is 0 Å². The Morgan fingerprint density at radius 2 is 2.60 bits per heavy atom. The molecule has 0 bridgehead atoms. The lowest BCUT2D eigenvalue weighted by Gasteiger charge is -1.82. The van der Waals surface area contributed by atoms with E-state index >= 15 is 0 Å². The predicted octanol–water partition coefficient (Wildman–Crippen LogP) is 0.781. The van der Waals surface area contributed by atoms with Crippen LogP contribution in [0.1, 0.15) is 0 Å². The lowest BCUT2D eigenvalue weighted by Crippen LogP contribution is -1.95. The van der Waals surface area contributed by atoms with Gasteiger partial charge in [0.05, 0.1) is 0 Å². The van der Waals surface area contributed by atoms with Gasteiger partial charge >= 0.3 is 0 Å². The minimum atomic E-state index is -0.443. The fourth-order valence-electron chi connectivity index (χ4n) is 0.0546. The van der Waals surface area contributed by atoms with Gasteiger partial charge in [-0.3, -0.25) is 0 Å². The summed E-state index contributed by atoms with van der Waals surface area (Å²) in [7, 11) is 0. The second-order valence-corrected chi connectivity index (χ2v) is 1.18. The predicted molar refractivity (Wildman–Crippen MR) is 22.6 cm³/mol. The van der Waals surface area contributed by atoms with E-state index in [2.05, 4.69) is 4.72 Å². The van der Waals surface area contributed by atoms with E-state index in [9.17, 15) is 4.39 Å². The summed E-state index contributed by atoms with van der Waals surface area (Å²) in [5.74, 6) is 0. The highest BCUT2D eigenvalue weighted by Crippen LogP contribution is 1.76. The molecule has 3 heteroatoms. The van der Waals surface area contributed by atoms with Crippen molar-refractivity contribution in [3.8, 4) is 0 Å². The molecule has 1 nitrogen and oxygen atoms in total. The summed E-state index contributed by atoms with van der Waals surface area (Å²) >= 11 is 1.28. The van der Waals surface area contributed by atoms with Crippen LogP contribution in [0.25, 0.3) is 0 Å². The molecule has 0 rings (SSSR count). The first-order valence-corrected chi connectivity index (χ1v) is 2.46. The van der Waals surface area contributed by atoms with Gasteiger partial charge in [0, 0.05) is 0 Å². The van der Waals surface area contributed by atoms with Gasteiger partial charge in [-0.1, -0.05) is 11.9 Å². The fraction of sp³-hybridized carbons (Fsp3) is 1.00. The molecule has 0 heterocycles. The molecule has 5 heavy (non-hydrogen) atoms. The van der Waals surface area contributed by atoms with E-state index < -0.39 is 6.80 Å². The van der Waals surface area contributed by atoms with E-state index in [1.54, 1.807) is 6.26 Å². The summed E-state index contributed by atoms with van der Waals surface area (Å²) in [6.45, 7) is -0.443. The van der Waals surface area contributed by atoms with Crippen molar-refractivity contribution in [2.24, 2.45) is 0 Å². The van der Waals surface area contributed by atoms with Crippen molar-refractivity contribution in [2.75, 3.05) is 13.1 Å². The maximum absolute atomic E-state index is 10.9. The summed E-state index contributed by atoms with van der Waals surface area (Å²) in [6, 6.07) is 0. The normalized spacial score (nSPS) is 8.40. The molecule has 0 aliphatic rings. The Balaban J connectivity index is 2.19. The molecular weight excluding hydrogens is 89.1 g/mol. The standard InChI is InChI=1S/C2H6FNS/c1-5-4-2-3/h4H,2H2,1H3. The molecule has 0 fully saturated rings. The van der Waals surface area contributed by atoms with Crippen molar-refractivity contribution in [1.29, 1.82) is 0 Å². The Morgan fingerprint density at radius 3 is 2.60 bits per heavy atom. The lowest BCUT2D eigenvalue weighted by molar-refractivity contribution is 0.489. The van der Waals surface area contributed by atoms with Gasteiger partial charge in [0.1, 0.15) is 6.80 Å². The molecule has 0 aromatic heterocycles. The molecule has 0 aliphatic carbocycles. The Kier molecular flexibility index (Phi) is 4.44. The van der Waals surface area contributed by atoms with Gasteiger partial charge in [0.25, 0.3) is 0 Å². The third-order valence-electron chi connectivity index (χ3n) is 0.199. The first kappa shape index (κ1) is 5.24. The van der Waals surface area contributed by atoms with Crippen molar-refractivity contribution in [1.82, 2.24) is 4.72 Å². The van der Waals surface area contributed by atoms with Gasteiger partial charge in [0.15, 0.2) is 0 Å². The first-order valence-electron chi connectivity index (χ1n) is 1.23. The summed E-state index contributed by atoms with van der Waals surface area (Å²) in [4.78, 5) is 0. The molecule has 0 atom stereocenters. The van der Waals surface area contributed by atoms with Crippen LogP contribution in [0, 0.1) is 0 Å². The molecule has 0 radical (unpaired) electrons. The molecule has 0 aromatic carbocycles. The van der Waals surface area contributed by atoms with Crippen LogP contribution < -0.4 is 4.72 Å². The van der Waals surface area contributed by atoms with Gasteiger partial charge in [-0.2, -0.15) is 0 Å². The minimum absolute atomic E-state index is 0.443. The Morgan fingerprint density at radius 1 is 2.00 bits per heavy atom. The van der Waals surface area contributed by atoms with Crippen LogP contribution in [-0.2, 0) is 0 Å². The average Bonchev–Trinajstić information content (AvgIpc) is 1.41. The van der Waals surface area contributed by atoms with Gasteiger partial charge in [-0.05, 0) is 6.26 Å². The summed E-state index contributed by atoms with van der Waals surface area (Å²) < 4.78 is 13.2. The molecule has 0 aliphatic heterocycles. The molecule has 32 valence electrons. The summed E-state index contributed by atoms with van der Waals surface area (Å²) in [6.07, 6.45) is 1.78. The van der Waals surface area contributed by atoms with E-state index in [-0.39, 0.29) is 0 Å². The maximum atomic E-state index is 10.9. The smallest absolute Gasteiger partial charge is 0.149 e. The zero-order valence-electron chi connectivity index (χ0n) is 2.99. The van der Waals surface area contributed by atoms with E-state index in [0.29, 0.717) is 0 Å². The van der Waals surface area contributed by atoms with Crippen LogP contribution in [0.2, 0.25) is 0 Å². The number of hydrogen-bond acceptors (Lipinski definition) is 2. The quantitative estimate of drug-likeness (QED) is 0.402. The number of rotatable bonds is 2. The van der Waals surface area contributed by atoms with Gasteiger partial charge in [-0.25, -0.2) is 9.11 Å². The minimum Gasteiger partial charge on any atom is -0.236 e. The largest absolute Gasteiger partial charge is 0.236 e.